The van der Waals surface area contributed by atoms with Gasteiger partial charge in [-0.3, -0.25) is 0 Å². The van der Waals surface area contributed by atoms with Crippen LogP contribution in [0.5, 0.6) is 11.5 Å². The fraction of sp³-hybridized carbons (Fsp3) is 0.357. The van der Waals surface area contributed by atoms with Gasteiger partial charge in [-0.25, -0.2) is 4.98 Å². The van der Waals surface area contributed by atoms with Crippen LogP contribution < -0.4 is 14.8 Å². The van der Waals surface area contributed by atoms with Crippen molar-refractivity contribution in [2.24, 2.45) is 0 Å². The van der Waals surface area contributed by atoms with Crippen molar-refractivity contribution in [2.75, 3.05) is 20.3 Å². The van der Waals surface area contributed by atoms with E-state index < -0.39 is 0 Å². The first-order chi connectivity index (χ1) is 9.38. The van der Waals surface area contributed by atoms with Crippen LogP contribution in [0, 0.1) is 0 Å². The Balaban J connectivity index is 1.97. The molecule has 0 atom stereocenters. The van der Waals surface area contributed by atoms with Gasteiger partial charge in [0.25, 0.3) is 0 Å². The predicted octanol–water partition coefficient (Wildman–Crippen LogP) is 1.96. The van der Waals surface area contributed by atoms with Crippen molar-refractivity contribution in [3.63, 3.8) is 0 Å². The molecule has 0 radical (unpaired) electrons. The highest BCUT2D eigenvalue weighted by Gasteiger charge is 2.14. The average molecular weight is 259 g/mol. The number of aromatic amines is 1. The Morgan fingerprint density at radius 3 is 2.95 bits per heavy atom. The lowest BCUT2D eigenvalue weighted by Gasteiger charge is -2.09. The molecule has 0 amide bonds. The van der Waals surface area contributed by atoms with Crippen LogP contribution in [-0.4, -0.2) is 30.2 Å². The minimum absolute atomic E-state index is 0.695. The van der Waals surface area contributed by atoms with E-state index in [1.807, 2.05) is 25.2 Å². The van der Waals surface area contributed by atoms with Crippen molar-refractivity contribution in [1.29, 1.82) is 0 Å². The Labute approximate surface area is 112 Å². The SMILES string of the molecule is CNCc1[nH]cnc1-c1ccc2c(c1)OCCCO2. The monoisotopic (exact) mass is 259 g/mol. The summed E-state index contributed by atoms with van der Waals surface area (Å²) < 4.78 is 11.3. The summed E-state index contributed by atoms with van der Waals surface area (Å²) in [6.45, 7) is 2.16. The van der Waals surface area contributed by atoms with Crippen LogP contribution in [0.4, 0.5) is 0 Å². The van der Waals surface area contributed by atoms with Gasteiger partial charge in [-0.05, 0) is 25.2 Å². The average Bonchev–Trinajstić information content (AvgIpc) is 2.76. The number of fused-ring (bicyclic) bond motifs is 1. The van der Waals surface area contributed by atoms with Crippen LogP contribution in [0.1, 0.15) is 12.1 Å². The number of aromatic nitrogens is 2. The molecule has 100 valence electrons. The highest BCUT2D eigenvalue weighted by atomic mass is 16.5. The molecule has 19 heavy (non-hydrogen) atoms. The van der Waals surface area contributed by atoms with Gasteiger partial charge < -0.3 is 19.8 Å². The number of rotatable bonds is 3. The van der Waals surface area contributed by atoms with Crippen LogP contribution in [0.2, 0.25) is 0 Å². The zero-order valence-corrected chi connectivity index (χ0v) is 10.9. The molecular formula is C14H17N3O2. The van der Waals surface area contributed by atoms with E-state index >= 15 is 0 Å². The van der Waals surface area contributed by atoms with Crippen molar-refractivity contribution in [2.45, 2.75) is 13.0 Å². The zero-order valence-electron chi connectivity index (χ0n) is 10.9. The summed E-state index contributed by atoms with van der Waals surface area (Å²) in [6.07, 6.45) is 2.63. The standard InChI is InChI=1S/C14H17N3O2/c1-15-8-11-14(17-9-16-11)10-3-4-12-13(7-10)19-6-2-5-18-12/h3-4,7,9,15H,2,5-6,8H2,1H3,(H,16,17). The van der Waals surface area contributed by atoms with Gasteiger partial charge in [0.15, 0.2) is 11.5 Å². The molecule has 5 nitrogen and oxygen atoms in total. The molecule has 1 aromatic heterocycles. The maximum atomic E-state index is 5.71. The summed E-state index contributed by atoms with van der Waals surface area (Å²) in [4.78, 5) is 7.54. The Bertz CT molecular complexity index is 566. The molecule has 0 fully saturated rings. The first-order valence-electron chi connectivity index (χ1n) is 6.45. The normalized spacial score (nSPS) is 14.2. The van der Waals surface area contributed by atoms with E-state index in [2.05, 4.69) is 15.3 Å². The minimum Gasteiger partial charge on any atom is -0.490 e. The van der Waals surface area contributed by atoms with Crippen LogP contribution in [0.15, 0.2) is 24.5 Å². The fourth-order valence-corrected chi connectivity index (χ4v) is 2.19. The molecule has 3 rings (SSSR count). The highest BCUT2D eigenvalue weighted by Crippen LogP contribution is 2.34. The highest BCUT2D eigenvalue weighted by molar-refractivity contribution is 5.66. The molecule has 0 aliphatic carbocycles. The van der Waals surface area contributed by atoms with Gasteiger partial charge in [-0.15, -0.1) is 0 Å². The molecule has 0 spiro atoms. The number of H-pyrrole nitrogens is 1. The van der Waals surface area contributed by atoms with Gasteiger partial charge in [-0.2, -0.15) is 0 Å². The van der Waals surface area contributed by atoms with Gasteiger partial charge in [-0.1, -0.05) is 0 Å². The third-order valence-corrected chi connectivity index (χ3v) is 3.09. The summed E-state index contributed by atoms with van der Waals surface area (Å²) in [5, 5.41) is 3.13. The zero-order chi connectivity index (χ0) is 13.1. The molecule has 1 aliphatic heterocycles. The van der Waals surface area contributed by atoms with Crippen LogP contribution in [0.25, 0.3) is 11.3 Å². The molecule has 0 saturated carbocycles. The topological polar surface area (TPSA) is 59.2 Å². The van der Waals surface area contributed by atoms with Crippen LogP contribution >= 0.6 is 0 Å². The van der Waals surface area contributed by atoms with E-state index in [0.29, 0.717) is 13.2 Å². The second-order valence-electron chi connectivity index (χ2n) is 4.47. The first-order valence-corrected chi connectivity index (χ1v) is 6.45. The molecule has 0 unspecified atom stereocenters. The summed E-state index contributed by atoms with van der Waals surface area (Å²) in [5.41, 5.74) is 3.05. The summed E-state index contributed by atoms with van der Waals surface area (Å²) >= 11 is 0. The van der Waals surface area contributed by atoms with Crippen molar-refractivity contribution < 1.29 is 9.47 Å². The Hall–Kier alpha value is -2.01. The molecule has 5 heteroatoms. The molecule has 2 aromatic rings. The molecular weight excluding hydrogens is 242 g/mol. The molecule has 0 bridgehead atoms. The van der Waals surface area contributed by atoms with Gasteiger partial charge in [0, 0.05) is 18.5 Å². The van der Waals surface area contributed by atoms with Crippen LogP contribution in [-0.2, 0) is 6.54 Å². The number of benzene rings is 1. The number of nitrogens with one attached hydrogen (secondary N) is 2. The van der Waals surface area contributed by atoms with Gasteiger partial charge >= 0.3 is 0 Å². The van der Waals surface area contributed by atoms with E-state index in [-0.39, 0.29) is 0 Å². The smallest absolute Gasteiger partial charge is 0.161 e. The second kappa shape index (κ2) is 5.32. The Morgan fingerprint density at radius 1 is 1.26 bits per heavy atom. The number of ether oxygens (including phenoxy) is 2. The van der Waals surface area contributed by atoms with E-state index in [1.165, 1.54) is 0 Å². The first kappa shape index (κ1) is 12.0. The molecule has 2 heterocycles. The van der Waals surface area contributed by atoms with Gasteiger partial charge in [0.05, 0.1) is 30.9 Å². The number of hydrogen-bond acceptors (Lipinski definition) is 4. The summed E-state index contributed by atoms with van der Waals surface area (Å²) in [7, 11) is 1.92. The van der Waals surface area contributed by atoms with Crippen molar-refractivity contribution in [3.05, 3.63) is 30.2 Å². The van der Waals surface area contributed by atoms with E-state index in [9.17, 15) is 0 Å². The van der Waals surface area contributed by atoms with Gasteiger partial charge in [0.2, 0.25) is 0 Å². The lowest BCUT2D eigenvalue weighted by Crippen LogP contribution is -2.06. The molecule has 2 N–H and O–H groups in total. The maximum absolute atomic E-state index is 5.71. The predicted molar refractivity (Wildman–Crippen MR) is 72.4 cm³/mol. The summed E-state index contributed by atoms with van der Waals surface area (Å²) in [6, 6.07) is 5.96. The molecule has 0 saturated heterocycles. The van der Waals surface area contributed by atoms with Gasteiger partial charge in [0.1, 0.15) is 0 Å². The number of imidazole rings is 1. The number of hydrogen-bond donors (Lipinski definition) is 2. The van der Waals surface area contributed by atoms with Crippen molar-refractivity contribution in [1.82, 2.24) is 15.3 Å². The van der Waals surface area contributed by atoms with E-state index in [4.69, 9.17) is 9.47 Å². The quantitative estimate of drug-likeness (QED) is 0.884. The van der Waals surface area contributed by atoms with Crippen molar-refractivity contribution in [3.8, 4) is 22.8 Å². The fourth-order valence-electron chi connectivity index (χ4n) is 2.19. The Kier molecular flexibility index (Phi) is 3.37. The maximum Gasteiger partial charge on any atom is 0.161 e. The lowest BCUT2D eigenvalue weighted by molar-refractivity contribution is 0.297. The minimum atomic E-state index is 0.695. The van der Waals surface area contributed by atoms with Crippen LogP contribution in [0.3, 0.4) is 0 Å². The molecule has 1 aliphatic rings. The van der Waals surface area contributed by atoms with E-state index in [0.717, 1.165) is 41.4 Å². The summed E-state index contributed by atoms with van der Waals surface area (Å²) in [5.74, 6) is 1.61. The third-order valence-electron chi connectivity index (χ3n) is 3.09. The number of nitrogens with zero attached hydrogens (tertiary/aromatic N) is 1. The Morgan fingerprint density at radius 2 is 2.11 bits per heavy atom. The van der Waals surface area contributed by atoms with E-state index in [1.54, 1.807) is 6.33 Å². The molecule has 1 aromatic carbocycles. The van der Waals surface area contributed by atoms with Crippen molar-refractivity contribution >= 4 is 0 Å². The lowest BCUT2D eigenvalue weighted by atomic mass is 10.1. The largest absolute Gasteiger partial charge is 0.490 e. The second-order valence-corrected chi connectivity index (χ2v) is 4.47. The third kappa shape index (κ3) is 2.42.